The van der Waals surface area contributed by atoms with Crippen molar-refractivity contribution in [2.24, 2.45) is 5.92 Å². The molecule has 1 saturated carbocycles. The number of urea groups is 1. The van der Waals surface area contributed by atoms with Crippen molar-refractivity contribution < 1.29 is 13.6 Å². The zero-order valence-corrected chi connectivity index (χ0v) is 14.4. The van der Waals surface area contributed by atoms with Gasteiger partial charge in [0.1, 0.15) is 11.6 Å². The number of benzene rings is 1. The summed E-state index contributed by atoms with van der Waals surface area (Å²) in [6.45, 7) is 3.71. The maximum absolute atomic E-state index is 14.2. The highest BCUT2D eigenvalue weighted by Gasteiger charge is 2.38. The summed E-state index contributed by atoms with van der Waals surface area (Å²) in [5, 5.41) is 2.98. The molecule has 1 aromatic rings. The molecule has 2 amide bonds. The first-order chi connectivity index (χ1) is 12.1. The van der Waals surface area contributed by atoms with E-state index in [4.69, 9.17) is 0 Å². The van der Waals surface area contributed by atoms with Gasteiger partial charge < -0.3 is 10.2 Å². The molecule has 1 aliphatic carbocycles. The minimum absolute atomic E-state index is 0.151. The first-order valence-electron chi connectivity index (χ1n) is 9.36. The number of carbonyl (C=O) groups is 1. The molecular formula is C19H25F2N3O. The van der Waals surface area contributed by atoms with Gasteiger partial charge in [0.25, 0.3) is 0 Å². The summed E-state index contributed by atoms with van der Waals surface area (Å²) >= 11 is 0. The molecule has 2 saturated heterocycles. The number of carbonyl (C=O) groups excluding carboxylic acids is 1. The van der Waals surface area contributed by atoms with Crippen LogP contribution in [0.2, 0.25) is 0 Å². The van der Waals surface area contributed by atoms with Crippen molar-refractivity contribution in [3.05, 3.63) is 35.4 Å². The first-order valence-corrected chi connectivity index (χ1v) is 9.36. The van der Waals surface area contributed by atoms with Crippen molar-refractivity contribution in [3.8, 4) is 0 Å². The van der Waals surface area contributed by atoms with Crippen molar-refractivity contribution in [2.75, 3.05) is 26.2 Å². The summed E-state index contributed by atoms with van der Waals surface area (Å²) in [6.07, 6.45) is 5.36. The molecular weight excluding hydrogens is 324 g/mol. The predicted octanol–water partition coefficient (Wildman–Crippen LogP) is 3.30. The molecule has 1 aromatic carbocycles. The van der Waals surface area contributed by atoms with E-state index < -0.39 is 17.7 Å². The number of rotatable bonds is 4. The Morgan fingerprint density at radius 2 is 1.88 bits per heavy atom. The second-order valence-corrected chi connectivity index (χ2v) is 7.56. The van der Waals surface area contributed by atoms with E-state index >= 15 is 0 Å². The molecule has 1 N–H and O–H groups in total. The second kappa shape index (κ2) is 6.90. The van der Waals surface area contributed by atoms with Crippen LogP contribution in [-0.2, 0) is 0 Å². The summed E-state index contributed by atoms with van der Waals surface area (Å²) in [6, 6.07) is 3.34. The first kappa shape index (κ1) is 16.8. The molecule has 0 radical (unpaired) electrons. The normalized spacial score (nSPS) is 25.4. The average Bonchev–Trinajstić information content (AvgIpc) is 3.10. The molecule has 4 rings (SSSR count). The Kier molecular flexibility index (Phi) is 4.63. The second-order valence-electron chi connectivity index (χ2n) is 7.56. The van der Waals surface area contributed by atoms with Gasteiger partial charge in [-0.2, -0.15) is 0 Å². The van der Waals surface area contributed by atoms with Crippen LogP contribution in [0.4, 0.5) is 13.6 Å². The van der Waals surface area contributed by atoms with E-state index in [2.05, 4.69) is 10.2 Å². The van der Waals surface area contributed by atoms with Gasteiger partial charge in [-0.15, -0.1) is 0 Å². The Hall–Kier alpha value is -1.69. The van der Waals surface area contributed by atoms with Crippen LogP contribution < -0.4 is 5.32 Å². The summed E-state index contributed by atoms with van der Waals surface area (Å²) in [5.74, 6) is -0.709. The van der Waals surface area contributed by atoms with Gasteiger partial charge in [0.2, 0.25) is 0 Å². The highest BCUT2D eigenvalue weighted by molar-refractivity contribution is 5.75. The largest absolute Gasteiger partial charge is 0.331 e. The van der Waals surface area contributed by atoms with Crippen LogP contribution in [0.1, 0.15) is 43.7 Å². The van der Waals surface area contributed by atoms with Gasteiger partial charge in [0.15, 0.2) is 0 Å². The average molecular weight is 349 g/mol. The van der Waals surface area contributed by atoms with Crippen LogP contribution in [0.5, 0.6) is 0 Å². The Balaban J connectivity index is 1.42. The van der Waals surface area contributed by atoms with E-state index in [1.165, 1.54) is 18.9 Å². The molecule has 0 unspecified atom stereocenters. The van der Waals surface area contributed by atoms with E-state index in [-0.39, 0.29) is 17.5 Å². The zero-order valence-electron chi connectivity index (χ0n) is 14.4. The highest BCUT2D eigenvalue weighted by Crippen LogP contribution is 2.42. The molecule has 3 fully saturated rings. The molecule has 2 atom stereocenters. The third kappa shape index (κ3) is 3.64. The van der Waals surface area contributed by atoms with Crippen LogP contribution in [0.3, 0.4) is 0 Å². The lowest BCUT2D eigenvalue weighted by Gasteiger charge is -2.26. The molecule has 2 heterocycles. The van der Waals surface area contributed by atoms with Gasteiger partial charge in [-0.1, -0.05) is 0 Å². The SMILES string of the molecule is O=C(N[C@@H](c1cc(F)ccc1F)C1CC1)N1CC[C@@H](N2CCCC2)C1. The monoisotopic (exact) mass is 349 g/mol. The lowest BCUT2D eigenvalue weighted by atomic mass is 10.0. The number of nitrogens with one attached hydrogen (secondary N) is 1. The summed E-state index contributed by atoms with van der Waals surface area (Å²) in [4.78, 5) is 17.0. The Bertz CT molecular complexity index is 644. The van der Waals surface area contributed by atoms with Crippen LogP contribution in [0.25, 0.3) is 0 Å². The van der Waals surface area contributed by atoms with Gasteiger partial charge in [-0.05, 0) is 69.3 Å². The van der Waals surface area contributed by atoms with E-state index in [0.29, 0.717) is 6.04 Å². The topological polar surface area (TPSA) is 35.6 Å². The molecule has 2 aliphatic heterocycles. The molecule has 0 spiro atoms. The van der Waals surface area contributed by atoms with Crippen LogP contribution in [0.15, 0.2) is 18.2 Å². The minimum atomic E-state index is -0.466. The van der Waals surface area contributed by atoms with Gasteiger partial charge in [0.05, 0.1) is 6.04 Å². The molecule has 136 valence electrons. The molecule has 4 nitrogen and oxygen atoms in total. The fourth-order valence-corrected chi connectivity index (χ4v) is 4.19. The molecule has 6 heteroatoms. The third-order valence-electron chi connectivity index (χ3n) is 5.77. The van der Waals surface area contributed by atoms with Gasteiger partial charge in [0, 0.05) is 24.7 Å². The number of hydrogen-bond donors (Lipinski definition) is 1. The Morgan fingerprint density at radius 3 is 2.60 bits per heavy atom. The number of likely N-dealkylation sites (tertiary alicyclic amines) is 2. The van der Waals surface area contributed by atoms with Gasteiger partial charge in [-0.3, -0.25) is 4.90 Å². The Labute approximate surface area is 147 Å². The lowest BCUT2D eigenvalue weighted by Crippen LogP contribution is -2.43. The molecule has 3 aliphatic rings. The predicted molar refractivity (Wildman–Crippen MR) is 91.1 cm³/mol. The highest BCUT2D eigenvalue weighted by atomic mass is 19.1. The maximum atomic E-state index is 14.2. The Morgan fingerprint density at radius 1 is 1.12 bits per heavy atom. The van der Waals surface area contributed by atoms with E-state index in [1.807, 2.05) is 4.90 Å². The van der Waals surface area contributed by atoms with Crippen molar-refractivity contribution in [1.29, 1.82) is 0 Å². The fourth-order valence-electron chi connectivity index (χ4n) is 4.19. The minimum Gasteiger partial charge on any atom is -0.331 e. The standard InChI is InChI=1S/C19H25F2N3O/c20-14-5-6-17(21)16(11-14)18(13-3-4-13)22-19(25)24-10-7-15(12-24)23-8-1-2-9-23/h5-6,11,13,15,18H,1-4,7-10,12H2,(H,22,25)/t15-,18-/m1/s1. The molecule has 0 bridgehead atoms. The number of halogens is 2. The maximum Gasteiger partial charge on any atom is 0.317 e. The van der Waals surface area contributed by atoms with Crippen molar-refractivity contribution in [2.45, 2.75) is 44.2 Å². The van der Waals surface area contributed by atoms with Gasteiger partial charge >= 0.3 is 6.03 Å². The van der Waals surface area contributed by atoms with Crippen molar-refractivity contribution in [1.82, 2.24) is 15.1 Å². The van der Waals surface area contributed by atoms with Crippen LogP contribution >= 0.6 is 0 Å². The van der Waals surface area contributed by atoms with E-state index in [9.17, 15) is 13.6 Å². The lowest BCUT2D eigenvalue weighted by molar-refractivity contribution is 0.193. The molecule has 0 aromatic heterocycles. The number of hydrogen-bond acceptors (Lipinski definition) is 2. The summed E-state index contributed by atoms with van der Waals surface area (Å²) in [5.41, 5.74) is 0.270. The molecule has 25 heavy (non-hydrogen) atoms. The van der Waals surface area contributed by atoms with E-state index in [1.54, 1.807) is 0 Å². The number of amides is 2. The third-order valence-corrected chi connectivity index (χ3v) is 5.77. The fraction of sp³-hybridized carbons (Fsp3) is 0.632. The summed E-state index contributed by atoms with van der Waals surface area (Å²) < 4.78 is 27.7. The van der Waals surface area contributed by atoms with Crippen LogP contribution in [-0.4, -0.2) is 48.1 Å². The number of nitrogens with zero attached hydrogens (tertiary/aromatic N) is 2. The van der Waals surface area contributed by atoms with E-state index in [0.717, 1.165) is 57.6 Å². The van der Waals surface area contributed by atoms with Crippen molar-refractivity contribution in [3.63, 3.8) is 0 Å². The summed E-state index contributed by atoms with van der Waals surface area (Å²) in [7, 11) is 0. The smallest absolute Gasteiger partial charge is 0.317 e. The van der Waals surface area contributed by atoms with Gasteiger partial charge in [-0.25, -0.2) is 13.6 Å². The van der Waals surface area contributed by atoms with Crippen molar-refractivity contribution >= 4 is 6.03 Å². The zero-order chi connectivity index (χ0) is 17.4. The quantitative estimate of drug-likeness (QED) is 0.905. The van der Waals surface area contributed by atoms with Crippen LogP contribution in [0, 0.1) is 17.6 Å².